The van der Waals surface area contributed by atoms with Gasteiger partial charge in [-0.2, -0.15) is 10.4 Å². The van der Waals surface area contributed by atoms with E-state index in [9.17, 15) is 19.1 Å². The van der Waals surface area contributed by atoms with Gasteiger partial charge in [-0.3, -0.25) is 0 Å². The molecule has 2 aliphatic rings. The van der Waals surface area contributed by atoms with Crippen LogP contribution in [-0.4, -0.2) is 20.5 Å². The van der Waals surface area contributed by atoms with Crippen molar-refractivity contribution in [1.82, 2.24) is 9.78 Å². The van der Waals surface area contributed by atoms with E-state index in [-0.39, 0.29) is 11.4 Å². The van der Waals surface area contributed by atoms with Crippen LogP contribution in [0.5, 0.6) is 0 Å². The number of aliphatic hydroxyl groups is 1. The maximum atomic E-state index is 14.0. The molecule has 1 heterocycles. The Morgan fingerprint density at radius 2 is 1.97 bits per heavy atom. The molecule has 32 heavy (non-hydrogen) atoms. The molecule has 1 aromatic heterocycles. The van der Waals surface area contributed by atoms with E-state index in [1.54, 1.807) is 24.3 Å². The largest absolute Gasteiger partial charge is 0.389 e. The Morgan fingerprint density at radius 3 is 2.72 bits per heavy atom. The average molecular weight is 431 g/mol. The predicted molar refractivity (Wildman–Crippen MR) is 117 cm³/mol. The first-order chi connectivity index (χ1) is 15.3. The Labute approximate surface area is 185 Å². The highest BCUT2D eigenvalue weighted by atomic mass is 19.1. The molecule has 3 aromatic rings. The molecule has 0 aliphatic heterocycles. The number of benzene rings is 2. The molecule has 5 rings (SSSR count). The van der Waals surface area contributed by atoms with E-state index >= 15 is 0 Å². The van der Waals surface area contributed by atoms with Crippen LogP contribution in [0.25, 0.3) is 11.8 Å². The number of aromatic nitrogens is 2. The number of fused-ring (bicyclic) bond motifs is 2. The zero-order chi connectivity index (χ0) is 22.5. The fourth-order valence-corrected chi connectivity index (χ4v) is 5.36. The van der Waals surface area contributed by atoms with Gasteiger partial charge in [-0.05, 0) is 79.6 Å². The number of rotatable bonds is 4. The zero-order valence-electron chi connectivity index (χ0n) is 17.8. The van der Waals surface area contributed by atoms with E-state index in [4.69, 9.17) is 0 Å². The molecular weight excluding hydrogens is 408 g/mol. The summed E-state index contributed by atoms with van der Waals surface area (Å²) in [6, 6.07) is 12.8. The number of halogens is 2. The van der Waals surface area contributed by atoms with Crippen LogP contribution in [0.1, 0.15) is 48.6 Å². The lowest BCUT2D eigenvalue weighted by Crippen LogP contribution is -2.45. The number of nitrogens with zero attached hydrogens (tertiary/aromatic N) is 3. The summed E-state index contributed by atoms with van der Waals surface area (Å²) in [5.74, 6) is -0.815. The van der Waals surface area contributed by atoms with Crippen LogP contribution in [-0.2, 0) is 12.8 Å². The molecule has 1 N–H and O–H groups in total. The Morgan fingerprint density at radius 1 is 1.19 bits per heavy atom. The molecule has 6 heteroatoms. The second-order valence-electron chi connectivity index (χ2n) is 9.04. The van der Waals surface area contributed by atoms with Gasteiger partial charge in [-0.1, -0.05) is 24.6 Å². The number of nitriles is 1. The van der Waals surface area contributed by atoms with Crippen molar-refractivity contribution < 1.29 is 13.9 Å². The smallest absolute Gasteiger partial charge is 0.141 e. The maximum Gasteiger partial charge on any atom is 0.141 e. The van der Waals surface area contributed by atoms with Crippen molar-refractivity contribution in [2.45, 2.75) is 44.6 Å². The highest BCUT2D eigenvalue weighted by Crippen LogP contribution is 2.56. The number of aryl methyl sites for hydroxylation is 1. The molecule has 0 amide bonds. The molecule has 2 aliphatic carbocycles. The lowest BCUT2D eigenvalue weighted by molar-refractivity contribution is -0.0461. The molecule has 162 valence electrons. The van der Waals surface area contributed by atoms with Gasteiger partial charge in [0.2, 0.25) is 0 Å². The van der Waals surface area contributed by atoms with Gasteiger partial charge >= 0.3 is 0 Å². The molecular formula is C26H23F2N3O. The lowest BCUT2D eigenvalue weighted by atomic mass is 9.65. The molecule has 0 radical (unpaired) electrons. The fourth-order valence-electron chi connectivity index (χ4n) is 5.36. The third-order valence-corrected chi connectivity index (χ3v) is 7.38. The average Bonchev–Trinajstić information content (AvgIpc) is 3.29. The van der Waals surface area contributed by atoms with Gasteiger partial charge in [0.15, 0.2) is 0 Å². The van der Waals surface area contributed by atoms with E-state index in [0.717, 1.165) is 28.9 Å². The predicted octanol–water partition coefficient (Wildman–Crippen LogP) is 5.13. The van der Waals surface area contributed by atoms with Gasteiger partial charge in [0, 0.05) is 5.41 Å². The van der Waals surface area contributed by atoms with Crippen molar-refractivity contribution in [1.29, 1.82) is 5.26 Å². The van der Waals surface area contributed by atoms with Crippen LogP contribution in [0.4, 0.5) is 8.78 Å². The van der Waals surface area contributed by atoms with E-state index in [1.165, 1.54) is 18.2 Å². The minimum atomic E-state index is -0.965. The highest BCUT2D eigenvalue weighted by molar-refractivity contribution is 5.62. The van der Waals surface area contributed by atoms with Crippen LogP contribution < -0.4 is 0 Å². The quantitative estimate of drug-likeness (QED) is 0.623. The van der Waals surface area contributed by atoms with Gasteiger partial charge in [-0.25, -0.2) is 13.5 Å². The Kier molecular flexibility index (Phi) is 4.75. The molecule has 0 saturated heterocycles. The first kappa shape index (κ1) is 20.6. The third kappa shape index (κ3) is 3.08. The summed E-state index contributed by atoms with van der Waals surface area (Å²) in [6.45, 7) is 2.08. The normalized spacial score (nSPS) is 23.9. The Hall–Kier alpha value is -3.30. The third-order valence-electron chi connectivity index (χ3n) is 7.38. The van der Waals surface area contributed by atoms with Crippen LogP contribution >= 0.6 is 0 Å². The van der Waals surface area contributed by atoms with Gasteiger partial charge in [0.25, 0.3) is 0 Å². The molecule has 2 atom stereocenters. The maximum absolute atomic E-state index is 14.0. The Balaban J connectivity index is 1.44. The summed E-state index contributed by atoms with van der Waals surface area (Å²) >= 11 is 0. The number of hydrogen-bond donors (Lipinski definition) is 1. The van der Waals surface area contributed by atoms with Gasteiger partial charge in [0.1, 0.15) is 17.7 Å². The van der Waals surface area contributed by atoms with Crippen LogP contribution in [0, 0.1) is 28.4 Å². The summed E-state index contributed by atoms with van der Waals surface area (Å²) in [5, 5.41) is 25.6. The molecule has 1 fully saturated rings. The minimum absolute atomic E-state index is 0.0570. The molecule has 2 aromatic carbocycles. The zero-order valence-corrected chi connectivity index (χ0v) is 17.8. The molecule has 0 unspecified atom stereocenters. The van der Waals surface area contributed by atoms with E-state index < -0.39 is 16.8 Å². The van der Waals surface area contributed by atoms with Crippen molar-refractivity contribution in [2.75, 3.05) is 0 Å². The Bertz CT molecular complexity index is 1270. The van der Waals surface area contributed by atoms with E-state index in [2.05, 4.69) is 18.1 Å². The summed E-state index contributed by atoms with van der Waals surface area (Å²) in [6.07, 6.45) is 6.81. The van der Waals surface area contributed by atoms with Crippen LogP contribution in [0.15, 0.2) is 54.2 Å². The lowest BCUT2D eigenvalue weighted by Gasteiger charge is -2.42. The second-order valence-corrected chi connectivity index (χ2v) is 9.04. The highest BCUT2D eigenvalue weighted by Gasteiger charge is 2.54. The van der Waals surface area contributed by atoms with Crippen molar-refractivity contribution in [2.24, 2.45) is 5.41 Å². The van der Waals surface area contributed by atoms with Crippen molar-refractivity contribution >= 4 is 6.08 Å². The summed E-state index contributed by atoms with van der Waals surface area (Å²) in [7, 11) is 0. The van der Waals surface area contributed by atoms with Crippen molar-refractivity contribution in [3.63, 3.8) is 0 Å². The van der Waals surface area contributed by atoms with Gasteiger partial charge in [-0.15, -0.1) is 0 Å². The second kappa shape index (κ2) is 7.39. The topological polar surface area (TPSA) is 61.8 Å². The molecule has 0 spiro atoms. The summed E-state index contributed by atoms with van der Waals surface area (Å²) < 4.78 is 29.1. The van der Waals surface area contributed by atoms with E-state index in [0.29, 0.717) is 31.2 Å². The van der Waals surface area contributed by atoms with Crippen molar-refractivity contribution in [3.8, 4) is 11.8 Å². The first-order valence-corrected chi connectivity index (χ1v) is 10.8. The van der Waals surface area contributed by atoms with E-state index in [1.807, 2.05) is 16.9 Å². The molecule has 0 bridgehead atoms. The minimum Gasteiger partial charge on any atom is -0.389 e. The summed E-state index contributed by atoms with van der Waals surface area (Å²) in [4.78, 5) is 0. The standard InChI is InChI=1S/C26H23F2N3O/c1-25-14-18-16-30-31(21-7-5-20(27)6-8-21)24(18)13-19(25)10-12-26(25,32)11-9-17-3-2-4-23(28)22(17)15-29/h2-8,13,16,32H,9-12,14H2,1H3/t25-,26-/m0/s1. The van der Waals surface area contributed by atoms with Gasteiger partial charge in [0.05, 0.1) is 28.7 Å². The van der Waals surface area contributed by atoms with Crippen LogP contribution in [0.2, 0.25) is 0 Å². The van der Waals surface area contributed by atoms with Crippen LogP contribution in [0.3, 0.4) is 0 Å². The first-order valence-electron chi connectivity index (χ1n) is 10.8. The fraction of sp³-hybridized carbons (Fsp3) is 0.308. The SMILES string of the molecule is C[C@]12Cc3cnn(-c4ccc(F)cc4)c3C=C1CC[C@@]2(O)CCc1cccc(F)c1C#N. The summed E-state index contributed by atoms with van der Waals surface area (Å²) in [5.41, 5.74) is 3.20. The molecule has 4 nitrogen and oxygen atoms in total. The monoisotopic (exact) mass is 431 g/mol. The number of hydrogen-bond acceptors (Lipinski definition) is 3. The van der Waals surface area contributed by atoms with Crippen molar-refractivity contribution in [3.05, 3.63) is 88.3 Å². The molecule has 1 saturated carbocycles. The van der Waals surface area contributed by atoms with Gasteiger partial charge < -0.3 is 5.11 Å².